The summed E-state index contributed by atoms with van der Waals surface area (Å²) in [5.41, 5.74) is 0. The van der Waals surface area contributed by atoms with Gasteiger partial charge >= 0.3 is 5.97 Å². The number of hydrogen-bond acceptors (Lipinski definition) is 6. The maximum Gasteiger partial charge on any atom is 0.331 e. The molecule has 0 radical (unpaired) electrons. The third-order valence-electron chi connectivity index (χ3n) is 1.67. The summed E-state index contributed by atoms with van der Waals surface area (Å²) in [6.07, 6.45) is 1.93. The van der Waals surface area contributed by atoms with Crippen molar-refractivity contribution in [2.45, 2.75) is 25.8 Å². The Morgan fingerprint density at radius 3 is 2.73 bits per heavy atom. The summed E-state index contributed by atoms with van der Waals surface area (Å²) in [7, 11) is 0. The van der Waals surface area contributed by atoms with E-state index in [-0.39, 0.29) is 13.2 Å². The van der Waals surface area contributed by atoms with Gasteiger partial charge in [0.25, 0.3) is 0 Å². The topological polar surface area (TPSA) is 85.2 Å². The molecule has 0 fully saturated rings. The van der Waals surface area contributed by atoms with Crippen molar-refractivity contribution in [2.75, 3.05) is 26.4 Å². The number of nitroso groups, excluding NO2 is 1. The Balaban J connectivity index is 3.54. The van der Waals surface area contributed by atoms with Gasteiger partial charge in [0.05, 0.1) is 6.61 Å². The molecule has 6 heteroatoms. The van der Waals surface area contributed by atoms with Gasteiger partial charge in [0.2, 0.25) is 0 Å². The lowest BCUT2D eigenvalue weighted by atomic mass is 10.3. The summed E-state index contributed by atoms with van der Waals surface area (Å²) < 4.78 is 9.68. The van der Waals surface area contributed by atoms with Crippen LogP contribution in [0.4, 0.5) is 0 Å². The van der Waals surface area contributed by atoms with Gasteiger partial charge in [0.1, 0.15) is 19.3 Å². The SMILES string of the molecule is CCCCOCC(COC(=O)CO)N=O. The van der Waals surface area contributed by atoms with Crippen LogP contribution in [0.15, 0.2) is 5.18 Å². The number of unbranched alkanes of at least 4 members (excludes halogenated alkanes) is 1. The minimum Gasteiger partial charge on any atom is -0.461 e. The molecule has 0 saturated heterocycles. The third kappa shape index (κ3) is 8.02. The van der Waals surface area contributed by atoms with Crippen molar-refractivity contribution in [3.05, 3.63) is 4.91 Å². The van der Waals surface area contributed by atoms with Crippen molar-refractivity contribution in [3.63, 3.8) is 0 Å². The van der Waals surface area contributed by atoms with Gasteiger partial charge in [-0.2, -0.15) is 4.91 Å². The van der Waals surface area contributed by atoms with Gasteiger partial charge in [-0.3, -0.25) is 0 Å². The average Bonchev–Trinajstić information content (AvgIpc) is 2.27. The van der Waals surface area contributed by atoms with Crippen LogP contribution in [-0.2, 0) is 14.3 Å². The fourth-order valence-electron chi connectivity index (χ4n) is 0.810. The number of esters is 1. The molecular weight excluding hydrogens is 202 g/mol. The van der Waals surface area contributed by atoms with E-state index in [1.54, 1.807) is 0 Å². The summed E-state index contributed by atoms with van der Waals surface area (Å²) in [4.78, 5) is 20.8. The number of carbonyl (C=O) groups is 1. The smallest absolute Gasteiger partial charge is 0.331 e. The summed E-state index contributed by atoms with van der Waals surface area (Å²) in [5, 5.41) is 11.1. The second-order valence-corrected chi connectivity index (χ2v) is 3.03. The predicted octanol–water partition coefficient (Wildman–Crippen LogP) is 0.474. The van der Waals surface area contributed by atoms with Crippen molar-refractivity contribution in [2.24, 2.45) is 5.18 Å². The number of carbonyl (C=O) groups excluding carboxylic acids is 1. The number of aliphatic hydroxyl groups is 1. The van der Waals surface area contributed by atoms with Crippen LogP contribution in [-0.4, -0.2) is 43.5 Å². The van der Waals surface area contributed by atoms with Gasteiger partial charge < -0.3 is 14.6 Å². The van der Waals surface area contributed by atoms with E-state index in [0.717, 1.165) is 12.8 Å². The molecule has 15 heavy (non-hydrogen) atoms. The first-order valence-corrected chi connectivity index (χ1v) is 4.91. The maximum atomic E-state index is 10.6. The Kier molecular flexibility index (Phi) is 8.90. The van der Waals surface area contributed by atoms with Crippen LogP contribution in [0.3, 0.4) is 0 Å². The number of ether oxygens (including phenoxy) is 2. The van der Waals surface area contributed by atoms with E-state index in [0.29, 0.717) is 6.61 Å². The molecule has 1 atom stereocenters. The Morgan fingerprint density at radius 1 is 1.47 bits per heavy atom. The van der Waals surface area contributed by atoms with Crippen molar-refractivity contribution >= 4 is 5.97 Å². The van der Waals surface area contributed by atoms with E-state index in [1.807, 2.05) is 6.92 Å². The van der Waals surface area contributed by atoms with Gasteiger partial charge in [-0.15, -0.1) is 0 Å². The lowest BCUT2D eigenvalue weighted by Gasteiger charge is -2.09. The van der Waals surface area contributed by atoms with E-state index < -0.39 is 18.6 Å². The van der Waals surface area contributed by atoms with E-state index >= 15 is 0 Å². The maximum absolute atomic E-state index is 10.6. The van der Waals surface area contributed by atoms with Crippen LogP contribution in [0.2, 0.25) is 0 Å². The Morgan fingerprint density at radius 2 is 2.20 bits per heavy atom. The van der Waals surface area contributed by atoms with Crippen molar-refractivity contribution in [3.8, 4) is 0 Å². The third-order valence-corrected chi connectivity index (χ3v) is 1.67. The molecule has 0 saturated carbocycles. The first-order valence-electron chi connectivity index (χ1n) is 4.91. The highest BCUT2D eigenvalue weighted by Gasteiger charge is 2.11. The second kappa shape index (κ2) is 9.54. The zero-order valence-electron chi connectivity index (χ0n) is 8.85. The molecule has 6 nitrogen and oxygen atoms in total. The molecule has 0 heterocycles. The Hall–Kier alpha value is -1.01. The molecule has 0 spiro atoms. The standard InChI is InChI=1S/C9H17NO5/c1-2-3-4-14-6-8(10-13)7-15-9(12)5-11/h8,11H,2-7H2,1H3. The number of rotatable bonds is 9. The van der Waals surface area contributed by atoms with Gasteiger partial charge in [0, 0.05) is 6.61 Å². The van der Waals surface area contributed by atoms with Gasteiger partial charge in [-0.1, -0.05) is 18.5 Å². The first-order chi connectivity index (χ1) is 7.24. The van der Waals surface area contributed by atoms with E-state index in [2.05, 4.69) is 9.91 Å². The molecule has 0 aliphatic carbocycles. The lowest BCUT2D eigenvalue weighted by molar-refractivity contribution is -0.147. The zero-order chi connectivity index (χ0) is 11.5. The number of hydrogen-bond donors (Lipinski definition) is 1. The second-order valence-electron chi connectivity index (χ2n) is 3.03. The molecule has 1 N–H and O–H groups in total. The highest BCUT2D eigenvalue weighted by Crippen LogP contribution is 1.96. The van der Waals surface area contributed by atoms with Gasteiger partial charge in [0.15, 0.2) is 0 Å². The molecule has 0 aliphatic heterocycles. The minimum absolute atomic E-state index is 0.141. The highest BCUT2D eigenvalue weighted by atomic mass is 16.5. The molecule has 0 amide bonds. The van der Waals surface area contributed by atoms with Crippen LogP contribution < -0.4 is 0 Å². The minimum atomic E-state index is -0.766. The largest absolute Gasteiger partial charge is 0.461 e. The van der Waals surface area contributed by atoms with Crippen LogP contribution in [0.1, 0.15) is 19.8 Å². The van der Waals surface area contributed by atoms with Gasteiger partial charge in [-0.05, 0) is 6.42 Å². The fourth-order valence-corrected chi connectivity index (χ4v) is 0.810. The van der Waals surface area contributed by atoms with Crippen LogP contribution in [0.25, 0.3) is 0 Å². The molecule has 0 rings (SSSR count). The van der Waals surface area contributed by atoms with E-state index in [1.165, 1.54) is 0 Å². The normalized spacial score (nSPS) is 12.1. The molecule has 88 valence electrons. The molecule has 0 aromatic heterocycles. The molecule has 1 unspecified atom stereocenters. The fraction of sp³-hybridized carbons (Fsp3) is 0.889. The Labute approximate surface area is 88.5 Å². The molecule has 0 aromatic rings. The lowest BCUT2D eigenvalue weighted by Crippen LogP contribution is -2.23. The Bertz CT molecular complexity index is 185. The highest BCUT2D eigenvalue weighted by molar-refractivity contribution is 5.70. The van der Waals surface area contributed by atoms with E-state index in [9.17, 15) is 9.70 Å². The monoisotopic (exact) mass is 219 g/mol. The van der Waals surface area contributed by atoms with Crippen molar-refractivity contribution < 1.29 is 19.4 Å². The zero-order valence-corrected chi connectivity index (χ0v) is 8.85. The summed E-state index contributed by atoms with van der Waals surface area (Å²) >= 11 is 0. The van der Waals surface area contributed by atoms with Crippen LogP contribution in [0.5, 0.6) is 0 Å². The van der Waals surface area contributed by atoms with Crippen LogP contribution in [0, 0.1) is 4.91 Å². The average molecular weight is 219 g/mol. The van der Waals surface area contributed by atoms with Gasteiger partial charge in [-0.25, -0.2) is 4.79 Å². The summed E-state index contributed by atoms with van der Waals surface area (Å²) in [5.74, 6) is -0.766. The number of aliphatic hydroxyl groups excluding tert-OH is 1. The number of nitrogens with zero attached hydrogens (tertiary/aromatic N) is 1. The summed E-state index contributed by atoms with van der Waals surface area (Å²) in [6.45, 7) is 1.90. The van der Waals surface area contributed by atoms with Crippen LogP contribution >= 0.6 is 0 Å². The molecule has 0 aliphatic rings. The molecule has 0 bridgehead atoms. The van der Waals surface area contributed by atoms with Crippen molar-refractivity contribution in [1.29, 1.82) is 0 Å². The first kappa shape index (κ1) is 14.0. The van der Waals surface area contributed by atoms with E-state index in [4.69, 9.17) is 9.84 Å². The molecule has 0 aromatic carbocycles. The predicted molar refractivity (Wildman–Crippen MR) is 53.4 cm³/mol. The quantitative estimate of drug-likeness (QED) is 0.346. The molecular formula is C9H17NO5. The van der Waals surface area contributed by atoms with Crippen molar-refractivity contribution in [1.82, 2.24) is 0 Å². The summed E-state index contributed by atoms with van der Waals surface area (Å²) in [6, 6.07) is -0.697.